The van der Waals surface area contributed by atoms with E-state index in [9.17, 15) is 8.78 Å². The third-order valence-corrected chi connectivity index (χ3v) is 1.92. The number of alkyl halides is 2. The third kappa shape index (κ3) is 4.09. The van der Waals surface area contributed by atoms with Crippen molar-refractivity contribution in [3.05, 3.63) is 5.89 Å². The van der Waals surface area contributed by atoms with Crippen LogP contribution in [0.1, 0.15) is 32.2 Å². The van der Waals surface area contributed by atoms with Gasteiger partial charge in [-0.3, -0.25) is 0 Å². The van der Waals surface area contributed by atoms with E-state index in [1.807, 2.05) is 13.8 Å². The van der Waals surface area contributed by atoms with Gasteiger partial charge in [0, 0.05) is 0 Å². The van der Waals surface area contributed by atoms with Crippen molar-refractivity contribution in [3.63, 3.8) is 0 Å². The van der Waals surface area contributed by atoms with E-state index >= 15 is 0 Å². The van der Waals surface area contributed by atoms with Crippen LogP contribution in [0.15, 0.2) is 4.42 Å². The molecule has 5 nitrogen and oxygen atoms in total. The van der Waals surface area contributed by atoms with Crippen LogP contribution in [-0.2, 0) is 0 Å². The molecule has 0 fully saturated rings. The molecule has 1 aromatic rings. The molecule has 0 saturated carbocycles. The van der Waals surface area contributed by atoms with Crippen molar-refractivity contribution < 1.29 is 13.2 Å². The molecule has 2 N–H and O–H groups in total. The lowest BCUT2D eigenvalue weighted by atomic mass is 10.3. The Labute approximate surface area is 92.6 Å². The van der Waals surface area contributed by atoms with Gasteiger partial charge in [0.2, 0.25) is 5.89 Å². The number of nitrogens with zero attached hydrogens (tertiary/aromatic N) is 2. The van der Waals surface area contributed by atoms with E-state index < -0.39 is 13.0 Å². The molecular formula is C9H16F2N4O. The maximum atomic E-state index is 11.9. The zero-order chi connectivity index (χ0) is 12.0. The Bertz CT molecular complexity index is 305. The number of halogens is 2. The molecule has 0 aliphatic heterocycles. The number of hydrogen-bond acceptors (Lipinski definition) is 5. The van der Waals surface area contributed by atoms with Crippen molar-refractivity contribution in [1.29, 1.82) is 0 Å². The molecule has 1 heterocycles. The molecule has 92 valence electrons. The lowest BCUT2D eigenvalue weighted by Gasteiger charge is -2.07. The standard InChI is InChI=1S/C9H16F2N4O/c1-3-4-12-6(2)8-14-15-9(16-8)13-5-7(10)11/h6-7,12H,3-5H2,1-2H3,(H,13,15). The molecule has 0 radical (unpaired) electrons. The predicted molar refractivity (Wildman–Crippen MR) is 55.5 cm³/mol. The topological polar surface area (TPSA) is 63.0 Å². The molecule has 7 heteroatoms. The molecule has 1 unspecified atom stereocenters. The fourth-order valence-electron chi connectivity index (χ4n) is 1.09. The van der Waals surface area contributed by atoms with Gasteiger partial charge < -0.3 is 15.1 Å². The van der Waals surface area contributed by atoms with Crippen LogP contribution in [0.5, 0.6) is 0 Å². The molecular weight excluding hydrogens is 218 g/mol. The predicted octanol–water partition coefficient (Wildman–Crippen LogP) is 1.81. The number of nitrogens with one attached hydrogen (secondary N) is 2. The van der Waals surface area contributed by atoms with Gasteiger partial charge in [-0.25, -0.2) is 8.78 Å². The SMILES string of the molecule is CCCNC(C)c1nnc(NCC(F)F)o1. The van der Waals surface area contributed by atoms with Crippen LogP contribution in [0.2, 0.25) is 0 Å². The number of rotatable bonds is 7. The first-order chi connectivity index (χ1) is 7.63. The van der Waals surface area contributed by atoms with Gasteiger partial charge in [0.15, 0.2) is 0 Å². The highest BCUT2D eigenvalue weighted by Crippen LogP contribution is 2.13. The quantitative estimate of drug-likeness (QED) is 0.753. The van der Waals surface area contributed by atoms with Crippen LogP contribution in [0.4, 0.5) is 14.8 Å². The van der Waals surface area contributed by atoms with Crippen molar-refractivity contribution >= 4 is 6.01 Å². The molecule has 1 aromatic heterocycles. The van der Waals surface area contributed by atoms with E-state index in [0.717, 1.165) is 13.0 Å². The van der Waals surface area contributed by atoms with Crippen LogP contribution in [-0.4, -0.2) is 29.7 Å². The Morgan fingerprint density at radius 1 is 1.38 bits per heavy atom. The Morgan fingerprint density at radius 3 is 2.75 bits per heavy atom. The Hall–Kier alpha value is -1.24. The molecule has 16 heavy (non-hydrogen) atoms. The minimum absolute atomic E-state index is 0.0282. The molecule has 1 rings (SSSR count). The van der Waals surface area contributed by atoms with E-state index in [0.29, 0.717) is 5.89 Å². The number of hydrogen-bond donors (Lipinski definition) is 2. The van der Waals surface area contributed by atoms with Crippen molar-refractivity contribution in [2.45, 2.75) is 32.7 Å². The van der Waals surface area contributed by atoms with Gasteiger partial charge in [-0.2, -0.15) is 0 Å². The van der Waals surface area contributed by atoms with Gasteiger partial charge in [-0.15, -0.1) is 5.10 Å². The zero-order valence-electron chi connectivity index (χ0n) is 9.33. The lowest BCUT2D eigenvalue weighted by molar-refractivity contribution is 0.162. The van der Waals surface area contributed by atoms with Gasteiger partial charge in [-0.1, -0.05) is 12.0 Å². The van der Waals surface area contributed by atoms with Crippen LogP contribution >= 0.6 is 0 Å². The Morgan fingerprint density at radius 2 is 2.12 bits per heavy atom. The maximum absolute atomic E-state index is 11.9. The van der Waals surface area contributed by atoms with Gasteiger partial charge in [0.05, 0.1) is 12.6 Å². The van der Waals surface area contributed by atoms with E-state index in [1.165, 1.54) is 0 Å². The van der Waals surface area contributed by atoms with Crippen LogP contribution < -0.4 is 10.6 Å². The van der Waals surface area contributed by atoms with Gasteiger partial charge in [0.25, 0.3) is 6.43 Å². The third-order valence-electron chi connectivity index (χ3n) is 1.92. The number of anilines is 1. The summed E-state index contributed by atoms with van der Waals surface area (Å²) in [4.78, 5) is 0. The second-order valence-electron chi connectivity index (χ2n) is 3.39. The fourth-order valence-corrected chi connectivity index (χ4v) is 1.09. The first-order valence-corrected chi connectivity index (χ1v) is 5.22. The van der Waals surface area contributed by atoms with Crippen LogP contribution in [0.25, 0.3) is 0 Å². The summed E-state index contributed by atoms with van der Waals surface area (Å²) in [5.74, 6) is 0.394. The highest BCUT2D eigenvalue weighted by molar-refractivity contribution is 5.17. The van der Waals surface area contributed by atoms with E-state index in [4.69, 9.17) is 4.42 Å². The molecule has 0 saturated heterocycles. The van der Waals surface area contributed by atoms with Crippen molar-refractivity contribution in [2.24, 2.45) is 0 Å². The lowest BCUT2D eigenvalue weighted by Crippen LogP contribution is -2.19. The largest absolute Gasteiger partial charge is 0.406 e. The second kappa shape index (κ2) is 6.37. The van der Waals surface area contributed by atoms with Crippen molar-refractivity contribution in [2.75, 3.05) is 18.4 Å². The smallest absolute Gasteiger partial charge is 0.315 e. The molecule has 0 bridgehead atoms. The van der Waals surface area contributed by atoms with Gasteiger partial charge >= 0.3 is 6.01 Å². The highest BCUT2D eigenvalue weighted by atomic mass is 19.3. The Kier molecular flexibility index (Phi) is 5.10. The van der Waals surface area contributed by atoms with Crippen LogP contribution in [0.3, 0.4) is 0 Å². The summed E-state index contributed by atoms with van der Waals surface area (Å²) in [7, 11) is 0. The molecule has 0 aliphatic carbocycles. The number of aromatic nitrogens is 2. The summed E-state index contributed by atoms with van der Waals surface area (Å²) in [5, 5.41) is 12.9. The first kappa shape index (κ1) is 12.8. The minimum Gasteiger partial charge on any atom is -0.406 e. The average Bonchev–Trinajstić information content (AvgIpc) is 2.71. The van der Waals surface area contributed by atoms with Gasteiger partial charge in [-0.05, 0) is 19.9 Å². The maximum Gasteiger partial charge on any atom is 0.315 e. The van der Waals surface area contributed by atoms with Gasteiger partial charge in [0.1, 0.15) is 0 Å². The van der Waals surface area contributed by atoms with E-state index in [1.54, 1.807) is 0 Å². The van der Waals surface area contributed by atoms with Crippen LogP contribution in [0, 0.1) is 0 Å². The van der Waals surface area contributed by atoms with E-state index in [-0.39, 0.29) is 12.1 Å². The molecule has 0 amide bonds. The Balaban J connectivity index is 2.43. The molecule has 0 aliphatic rings. The second-order valence-corrected chi connectivity index (χ2v) is 3.39. The molecule has 0 aromatic carbocycles. The summed E-state index contributed by atoms with van der Waals surface area (Å²) in [5.41, 5.74) is 0. The summed E-state index contributed by atoms with van der Waals surface area (Å²) < 4.78 is 28.9. The highest BCUT2D eigenvalue weighted by Gasteiger charge is 2.13. The van der Waals surface area contributed by atoms with E-state index in [2.05, 4.69) is 20.8 Å². The summed E-state index contributed by atoms with van der Waals surface area (Å²) >= 11 is 0. The minimum atomic E-state index is -2.44. The summed E-state index contributed by atoms with van der Waals surface area (Å²) in [6.07, 6.45) is -1.44. The van der Waals surface area contributed by atoms with Crippen molar-refractivity contribution in [1.82, 2.24) is 15.5 Å². The zero-order valence-corrected chi connectivity index (χ0v) is 9.33. The average molecular weight is 234 g/mol. The molecule has 0 spiro atoms. The monoisotopic (exact) mass is 234 g/mol. The summed E-state index contributed by atoms with van der Waals surface area (Å²) in [6.45, 7) is 4.27. The van der Waals surface area contributed by atoms with Crippen molar-refractivity contribution in [3.8, 4) is 0 Å². The normalized spacial score (nSPS) is 13.1. The molecule has 1 atom stereocenters. The first-order valence-electron chi connectivity index (χ1n) is 5.22. The summed E-state index contributed by atoms with van der Waals surface area (Å²) in [6, 6.07) is -0.0463. The fraction of sp³-hybridized carbons (Fsp3) is 0.778.